The van der Waals surface area contributed by atoms with Crippen molar-refractivity contribution in [3.05, 3.63) is 59.3 Å². The van der Waals surface area contributed by atoms with Crippen LogP contribution in [0.3, 0.4) is 0 Å². The number of nitrogens with zero attached hydrogens (tertiary/aromatic N) is 1. The fourth-order valence-electron chi connectivity index (χ4n) is 1.97. The lowest BCUT2D eigenvalue weighted by Crippen LogP contribution is -2.11. The van der Waals surface area contributed by atoms with Gasteiger partial charge in [0.15, 0.2) is 0 Å². The zero-order valence-electron chi connectivity index (χ0n) is 12.4. The first-order valence-electron chi connectivity index (χ1n) is 6.88. The zero-order valence-corrected chi connectivity index (χ0v) is 12.4. The SMILES string of the molecule is CC(C)(C)c1ccc(NCc2cccc(CO)c2)nc1. The van der Waals surface area contributed by atoms with Crippen LogP contribution in [0.4, 0.5) is 5.82 Å². The van der Waals surface area contributed by atoms with Crippen molar-refractivity contribution < 1.29 is 5.11 Å². The average Bonchev–Trinajstić information content (AvgIpc) is 2.45. The van der Waals surface area contributed by atoms with E-state index < -0.39 is 0 Å². The Hall–Kier alpha value is -1.87. The maximum atomic E-state index is 9.12. The molecule has 106 valence electrons. The van der Waals surface area contributed by atoms with Crippen LogP contribution in [0, 0.1) is 0 Å². The second-order valence-electron chi connectivity index (χ2n) is 6.01. The van der Waals surface area contributed by atoms with Crippen LogP contribution in [0.15, 0.2) is 42.6 Å². The smallest absolute Gasteiger partial charge is 0.126 e. The van der Waals surface area contributed by atoms with E-state index in [1.165, 1.54) is 5.56 Å². The van der Waals surface area contributed by atoms with Crippen molar-refractivity contribution >= 4 is 5.82 Å². The number of pyridine rings is 1. The number of rotatable bonds is 4. The van der Waals surface area contributed by atoms with Gasteiger partial charge < -0.3 is 10.4 Å². The van der Waals surface area contributed by atoms with Gasteiger partial charge in [0, 0.05) is 12.7 Å². The van der Waals surface area contributed by atoms with Crippen LogP contribution < -0.4 is 5.32 Å². The summed E-state index contributed by atoms with van der Waals surface area (Å²) in [5, 5.41) is 12.4. The van der Waals surface area contributed by atoms with E-state index in [4.69, 9.17) is 5.11 Å². The van der Waals surface area contributed by atoms with Crippen LogP contribution in [-0.4, -0.2) is 10.1 Å². The predicted molar refractivity (Wildman–Crippen MR) is 82.6 cm³/mol. The van der Waals surface area contributed by atoms with Crippen molar-refractivity contribution in [1.82, 2.24) is 4.98 Å². The molecule has 0 radical (unpaired) electrons. The van der Waals surface area contributed by atoms with Gasteiger partial charge in [-0.05, 0) is 28.2 Å². The molecule has 0 amide bonds. The summed E-state index contributed by atoms with van der Waals surface area (Å²) in [6, 6.07) is 12.0. The standard InChI is InChI=1S/C17H22N2O/c1-17(2,3)15-7-8-16(19-11-15)18-10-13-5-4-6-14(9-13)12-20/h4-9,11,20H,10,12H2,1-3H3,(H,18,19). The zero-order chi connectivity index (χ0) is 14.6. The minimum atomic E-state index is 0.0758. The van der Waals surface area contributed by atoms with Crippen LogP contribution in [0.2, 0.25) is 0 Å². The molecule has 0 bridgehead atoms. The molecule has 2 N–H and O–H groups in total. The van der Waals surface area contributed by atoms with Crippen LogP contribution in [0.25, 0.3) is 0 Å². The Morgan fingerprint density at radius 2 is 1.85 bits per heavy atom. The summed E-state index contributed by atoms with van der Waals surface area (Å²) in [6.07, 6.45) is 1.92. The van der Waals surface area contributed by atoms with Crippen molar-refractivity contribution in [2.45, 2.75) is 39.3 Å². The Kier molecular flexibility index (Phi) is 4.40. The first-order chi connectivity index (χ1) is 9.49. The third-order valence-corrected chi connectivity index (χ3v) is 3.28. The minimum Gasteiger partial charge on any atom is -0.392 e. The predicted octanol–water partition coefficient (Wildman–Crippen LogP) is 3.48. The summed E-state index contributed by atoms with van der Waals surface area (Å²) >= 11 is 0. The van der Waals surface area contributed by atoms with E-state index in [0.717, 1.165) is 16.9 Å². The third kappa shape index (κ3) is 3.81. The topological polar surface area (TPSA) is 45.1 Å². The normalized spacial score (nSPS) is 11.4. The number of hydrogen-bond acceptors (Lipinski definition) is 3. The van der Waals surface area contributed by atoms with Gasteiger partial charge in [0.05, 0.1) is 6.61 Å². The summed E-state index contributed by atoms with van der Waals surface area (Å²) in [7, 11) is 0. The third-order valence-electron chi connectivity index (χ3n) is 3.28. The summed E-state index contributed by atoms with van der Waals surface area (Å²) < 4.78 is 0. The summed E-state index contributed by atoms with van der Waals surface area (Å²) in [6.45, 7) is 7.31. The number of nitrogens with one attached hydrogen (secondary N) is 1. The van der Waals surface area contributed by atoms with E-state index in [9.17, 15) is 0 Å². The Balaban J connectivity index is 2.00. The van der Waals surface area contributed by atoms with Gasteiger partial charge >= 0.3 is 0 Å². The molecule has 0 saturated heterocycles. The van der Waals surface area contributed by atoms with Crippen molar-refractivity contribution in [3.63, 3.8) is 0 Å². The van der Waals surface area contributed by atoms with Gasteiger partial charge in [-0.2, -0.15) is 0 Å². The fourth-order valence-corrected chi connectivity index (χ4v) is 1.97. The van der Waals surface area contributed by atoms with Gasteiger partial charge in [-0.15, -0.1) is 0 Å². The number of aliphatic hydroxyl groups is 1. The van der Waals surface area contributed by atoms with Crippen LogP contribution in [0.5, 0.6) is 0 Å². The molecule has 0 aliphatic heterocycles. The van der Waals surface area contributed by atoms with E-state index in [-0.39, 0.29) is 12.0 Å². The highest BCUT2D eigenvalue weighted by molar-refractivity contribution is 5.38. The quantitative estimate of drug-likeness (QED) is 0.894. The molecule has 0 spiro atoms. The Labute approximate surface area is 120 Å². The molecule has 3 nitrogen and oxygen atoms in total. The number of aliphatic hydroxyl groups excluding tert-OH is 1. The largest absolute Gasteiger partial charge is 0.392 e. The Bertz CT molecular complexity index is 556. The van der Waals surface area contributed by atoms with Gasteiger partial charge in [0.25, 0.3) is 0 Å². The van der Waals surface area contributed by atoms with E-state index >= 15 is 0 Å². The van der Waals surface area contributed by atoms with E-state index in [2.05, 4.69) is 37.1 Å². The van der Waals surface area contributed by atoms with E-state index in [1.54, 1.807) is 0 Å². The lowest BCUT2D eigenvalue weighted by atomic mass is 9.88. The van der Waals surface area contributed by atoms with Gasteiger partial charge in [0.1, 0.15) is 5.82 Å². The molecule has 20 heavy (non-hydrogen) atoms. The molecule has 0 unspecified atom stereocenters. The first kappa shape index (κ1) is 14.5. The highest BCUT2D eigenvalue weighted by atomic mass is 16.3. The molecular weight excluding hydrogens is 248 g/mol. The molecular formula is C17H22N2O. The second kappa shape index (κ2) is 6.06. The maximum absolute atomic E-state index is 9.12. The Morgan fingerprint density at radius 1 is 1.10 bits per heavy atom. The maximum Gasteiger partial charge on any atom is 0.126 e. The summed E-state index contributed by atoms with van der Waals surface area (Å²) in [4.78, 5) is 4.44. The van der Waals surface area contributed by atoms with Gasteiger partial charge in [-0.1, -0.05) is 51.1 Å². The number of benzene rings is 1. The molecule has 3 heteroatoms. The summed E-state index contributed by atoms with van der Waals surface area (Å²) in [5.41, 5.74) is 3.42. The fraction of sp³-hybridized carbons (Fsp3) is 0.353. The van der Waals surface area contributed by atoms with Gasteiger partial charge in [-0.3, -0.25) is 0 Å². The van der Waals surface area contributed by atoms with E-state index in [0.29, 0.717) is 6.54 Å². The van der Waals surface area contributed by atoms with Gasteiger partial charge in [-0.25, -0.2) is 4.98 Å². The van der Waals surface area contributed by atoms with Crippen molar-refractivity contribution in [3.8, 4) is 0 Å². The number of aromatic nitrogens is 1. The molecule has 0 aliphatic rings. The molecule has 0 saturated carbocycles. The highest BCUT2D eigenvalue weighted by Gasteiger charge is 2.13. The lowest BCUT2D eigenvalue weighted by Gasteiger charge is -2.18. The van der Waals surface area contributed by atoms with Crippen molar-refractivity contribution in [2.24, 2.45) is 0 Å². The average molecular weight is 270 g/mol. The van der Waals surface area contributed by atoms with Crippen LogP contribution in [-0.2, 0) is 18.6 Å². The lowest BCUT2D eigenvalue weighted by molar-refractivity contribution is 0.281. The number of anilines is 1. The van der Waals surface area contributed by atoms with E-state index in [1.807, 2.05) is 36.5 Å². The van der Waals surface area contributed by atoms with Crippen molar-refractivity contribution in [2.75, 3.05) is 5.32 Å². The Morgan fingerprint density at radius 3 is 2.45 bits per heavy atom. The van der Waals surface area contributed by atoms with Crippen molar-refractivity contribution in [1.29, 1.82) is 0 Å². The molecule has 0 fully saturated rings. The molecule has 0 atom stereocenters. The molecule has 0 aliphatic carbocycles. The molecule has 1 aromatic carbocycles. The summed E-state index contributed by atoms with van der Waals surface area (Å²) in [5.74, 6) is 0.868. The molecule has 2 rings (SSSR count). The second-order valence-corrected chi connectivity index (χ2v) is 6.01. The minimum absolute atomic E-state index is 0.0758. The van der Waals surface area contributed by atoms with Crippen LogP contribution >= 0.6 is 0 Å². The molecule has 1 aromatic heterocycles. The number of hydrogen-bond donors (Lipinski definition) is 2. The highest BCUT2D eigenvalue weighted by Crippen LogP contribution is 2.22. The monoisotopic (exact) mass is 270 g/mol. The molecule has 1 heterocycles. The van der Waals surface area contributed by atoms with Crippen LogP contribution in [0.1, 0.15) is 37.5 Å². The first-order valence-corrected chi connectivity index (χ1v) is 6.88. The molecule has 2 aromatic rings. The van der Waals surface area contributed by atoms with Gasteiger partial charge in [0.2, 0.25) is 0 Å².